The second-order valence-corrected chi connectivity index (χ2v) is 8.21. The van der Waals surface area contributed by atoms with Gasteiger partial charge in [0.05, 0.1) is 8.81 Å². The summed E-state index contributed by atoms with van der Waals surface area (Å²) in [5, 5.41) is 8.78. The number of unbranched alkanes of at least 4 members (excludes halogenated alkanes) is 1. The molecule has 0 amide bonds. The Balaban J connectivity index is 2.48. The predicted molar refractivity (Wildman–Crippen MR) is 73.7 cm³/mol. The molecule has 1 rings (SSSR count). The standard InChI is InChI=1S/C9H11BrClNO4S2/c10-9-6(11)5-8(17-9)18(15,16)12-4-2-1-3-7(13)14/h5,12H,1-4H2,(H,13,14). The second kappa shape index (κ2) is 6.85. The Hall–Kier alpha value is -0.150. The number of carboxylic acid groups (broad SMARTS) is 1. The van der Waals surface area contributed by atoms with Crippen LogP contribution in [-0.2, 0) is 14.8 Å². The monoisotopic (exact) mass is 375 g/mol. The lowest BCUT2D eigenvalue weighted by Crippen LogP contribution is -2.24. The van der Waals surface area contributed by atoms with E-state index in [1.165, 1.54) is 6.07 Å². The van der Waals surface area contributed by atoms with Gasteiger partial charge in [0.2, 0.25) is 10.0 Å². The van der Waals surface area contributed by atoms with Gasteiger partial charge in [-0.2, -0.15) is 0 Å². The van der Waals surface area contributed by atoms with Crippen LogP contribution in [0.1, 0.15) is 19.3 Å². The van der Waals surface area contributed by atoms with Gasteiger partial charge in [0, 0.05) is 13.0 Å². The van der Waals surface area contributed by atoms with E-state index in [0.29, 0.717) is 21.7 Å². The summed E-state index contributed by atoms with van der Waals surface area (Å²) >= 11 is 9.94. The Labute approximate surface area is 122 Å². The van der Waals surface area contributed by atoms with Gasteiger partial charge in [-0.05, 0) is 34.8 Å². The lowest BCUT2D eigenvalue weighted by molar-refractivity contribution is -0.137. The number of hydrogen-bond acceptors (Lipinski definition) is 4. The van der Waals surface area contributed by atoms with E-state index in [-0.39, 0.29) is 17.2 Å². The Morgan fingerprint density at radius 1 is 1.50 bits per heavy atom. The number of sulfonamides is 1. The van der Waals surface area contributed by atoms with E-state index in [9.17, 15) is 13.2 Å². The van der Waals surface area contributed by atoms with Crippen molar-refractivity contribution in [2.24, 2.45) is 0 Å². The number of nitrogens with one attached hydrogen (secondary N) is 1. The van der Waals surface area contributed by atoms with Crippen LogP contribution in [0.25, 0.3) is 0 Å². The quantitative estimate of drug-likeness (QED) is 0.717. The summed E-state index contributed by atoms with van der Waals surface area (Å²) in [5.74, 6) is -0.883. The fourth-order valence-electron chi connectivity index (χ4n) is 1.14. The third-order valence-corrected chi connectivity index (χ3v) is 6.41. The largest absolute Gasteiger partial charge is 0.481 e. The first-order valence-electron chi connectivity index (χ1n) is 4.99. The maximum atomic E-state index is 11.8. The lowest BCUT2D eigenvalue weighted by Gasteiger charge is -2.03. The molecular formula is C9H11BrClNO4S2. The highest BCUT2D eigenvalue weighted by molar-refractivity contribution is 9.11. The van der Waals surface area contributed by atoms with Crippen LogP contribution in [0.15, 0.2) is 14.1 Å². The zero-order valence-electron chi connectivity index (χ0n) is 9.15. The van der Waals surface area contributed by atoms with Crippen LogP contribution >= 0.6 is 38.9 Å². The number of carboxylic acids is 1. The number of rotatable bonds is 7. The molecule has 0 aliphatic heterocycles. The summed E-state index contributed by atoms with van der Waals surface area (Å²) in [5.41, 5.74) is 0. The van der Waals surface area contributed by atoms with Gasteiger partial charge >= 0.3 is 5.97 Å². The fraction of sp³-hybridized carbons (Fsp3) is 0.444. The van der Waals surface area contributed by atoms with Gasteiger partial charge in [0.1, 0.15) is 4.21 Å². The molecule has 2 N–H and O–H groups in total. The summed E-state index contributed by atoms with van der Waals surface area (Å²) in [4.78, 5) is 10.3. The first-order valence-corrected chi connectivity index (χ1v) is 8.46. The Bertz CT molecular complexity index is 509. The first kappa shape index (κ1) is 15.9. The Morgan fingerprint density at radius 3 is 2.67 bits per heavy atom. The SMILES string of the molecule is O=C(O)CCCCNS(=O)(=O)c1cc(Cl)c(Br)s1. The number of hydrogen-bond donors (Lipinski definition) is 2. The van der Waals surface area contributed by atoms with E-state index in [2.05, 4.69) is 20.7 Å². The molecule has 1 heterocycles. The van der Waals surface area contributed by atoms with Crippen molar-refractivity contribution >= 4 is 54.9 Å². The number of aliphatic carboxylic acids is 1. The van der Waals surface area contributed by atoms with E-state index in [4.69, 9.17) is 16.7 Å². The molecular weight excluding hydrogens is 366 g/mol. The number of halogens is 2. The minimum absolute atomic E-state index is 0.0398. The maximum Gasteiger partial charge on any atom is 0.303 e. The molecule has 0 bridgehead atoms. The molecule has 1 aromatic rings. The smallest absolute Gasteiger partial charge is 0.303 e. The van der Waals surface area contributed by atoms with Crippen LogP contribution in [-0.4, -0.2) is 26.0 Å². The molecule has 0 aliphatic rings. The van der Waals surface area contributed by atoms with Crippen LogP contribution in [0.5, 0.6) is 0 Å². The normalized spacial score (nSPS) is 11.7. The van der Waals surface area contributed by atoms with Gasteiger partial charge in [-0.1, -0.05) is 11.6 Å². The maximum absolute atomic E-state index is 11.8. The van der Waals surface area contributed by atoms with Crippen molar-refractivity contribution in [3.8, 4) is 0 Å². The average molecular weight is 377 g/mol. The van der Waals surface area contributed by atoms with Gasteiger partial charge in [0.15, 0.2) is 0 Å². The third-order valence-electron chi connectivity index (χ3n) is 2.00. The Morgan fingerprint density at radius 2 is 2.17 bits per heavy atom. The molecule has 18 heavy (non-hydrogen) atoms. The summed E-state index contributed by atoms with van der Waals surface area (Å²) in [6, 6.07) is 1.37. The topological polar surface area (TPSA) is 83.5 Å². The molecule has 0 spiro atoms. The van der Waals surface area contributed by atoms with E-state index in [1.54, 1.807) is 0 Å². The van der Waals surface area contributed by atoms with Crippen molar-refractivity contribution in [1.29, 1.82) is 0 Å². The predicted octanol–water partition coefficient (Wildman–Crippen LogP) is 2.70. The minimum Gasteiger partial charge on any atom is -0.481 e. The van der Waals surface area contributed by atoms with Gasteiger partial charge in [-0.25, -0.2) is 13.1 Å². The van der Waals surface area contributed by atoms with Crippen LogP contribution in [0.3, 0.4) is 0 Å². The van der Waals surface area contributed by atoms with Crippen LogP contribution < -0.4 is 4.72 Å². The van der Waals surface area contributed by atoms with E-state index in [1.807, 2.05) is 0 Å². The van der Waals surface area contributed by atoms with Crippen molar-refractivity contribution in [2.75, 3.05) is 6.54 Å². The van der Waals surface area contributed by atoms with E-state index in [0.717, 1.165) is 11.3 Å². The van der Waals surface area contributed by atoms with E-state index >= 15 is 0 Å². The molecule has 0 unspecified atom stereocenters. The molecule has 0 saturated carbocycles. The van der Waals surface area contributed by atoms with Crippen molar-refractivity contribution in [3.05, 3.63) is 14.9 Å². The molecule has 5 nitrogen and oxygen atoms in total. The van der Waals surface area contributed by atoms with Gasteiger partial charge in [0.25, 0.3) is 0 Å². The molecule has 9 heteroatoms. The van der Waals surface area contributed by atoms with Gasteiger partial charge in [-0.15, -0.1) is 11.3 Å². The van der Waals surface area contributed by atoms with Gasteiger partial charge < -0.3 is 5.11 Å². The zero-order chi connectivity index (χ0) is 13.8. The summed E-state index contributed by atoms with van der Waals surface area (Å²) < 4.78 is 26.7. The van der Waals surface area contributed by atoms with Crippen molar-refractivity contribution < 1.29 is 18.3 Å². The molecule has 1 aromatic heterocycles. The zero-order valence-corrected chi connectivity index (χ0v) is 13.1. The highest BCUT2D eigenvalue weighted by Crippen LogP contribution is 2.34. The average Bonchev–Trinajstić information content (AvgIpc) is 2.59. The molecule has 0 fully saturated rings. The molecule has 0 atom stereocenters. The van der Waals surface area contributed by atoms with Crippen LogP contribution in [0.4, 0.5) is 0 Å². The van der Waals surface area contributed by atoms with Gasteiger partial charge in [-0.3, -0.25) is 4.79 Å². The van der Waals surface area contributed by atoms with E-state index < -0.39 is 16.0 Å². The first-order chi connectivity index (χ1) is 8.33. The van der Waals surface area contributed by atoms with Crippen molar-refractivity contribution in [2.45, 2.75) is 23.5 Å². The highest BCUT2D eigenvalue weighted by Gasteiger charge is 2.18. The molecule has 102 valence electrons. The second-order valence-electron chi connectivity index (χ2n) is 3.44. The third kappa shape index (κ3) is 4.85. The van der Waals surface area contributed by atoms with Crippen molar-refractivity contribution in [1.82, 2.24) is 4.72 Å². The fourth-order valence-corrected chi connectivity index (χ4v) is 4.66. The number of carbonyl (C=O) groups is 1. The highest BCUT2D eigenvalue weighted by atomic mass is 79.9. The Kier molecular flexibility index (Phi) is 6.06. The summed E-state index contributed by atoms with van der Waals surface area (Å²) in [7, 11) is -3.56. The number of thiophene rings is 1. The van der Waals surface area contributed by atoms with Crippen molar-refractivity contribution in [3.63, 3.8) is 0 Å². The lowest BCUT2D eigenvalue weighted by atomic mass is 10.2. The summed E-state index contributed by atoms with van der Waals surface area (Å²) in [6.45, 7) is 0.211. The van der Waals surface area contributed by atoms with Crippen LogP contribution in [0, 0.1) is 0 Å². The molecule has 0 aromatic carbocycles. The molecule has 0 aliphatic carbocycles. The molecule has 0 radical (unpaired) electrons. The summed E-state index contributed by atoms with van der Waals surface area (Å²) in [6.07, 6.45) is 0.955. The molecule has 0 saturated heterocycles. The minimum atomic E-state index is -3.56. The van der Waals surface area contributed by atoms with Crippen LogP contribution in [0.2, 0.25) is 5.02 Å².